The van der Waals surface area contributed by atoms with Crippen molar-refractivity contribution in [3.05, 3.63) is 58.4 Å². The summed E-state index contributed by atoms with van der Waals surface area (Å²) in [5, 5.41) is 5.97. The van der Waals surface area contributed by atoms with Crippen LogP contribution in [-0.4, -0.2) is 32.6 Å². The number of hydrogen-bond donors (Lipinski definition) is 0. The number of fused-ring (bicyclic) bond motifs is 1. The molecule has 6 heteroatoms. The average Bonchev–Trinajstić information content (AvgIpc) is 3.39. The Morgan fingerprint density at radius 1 is 1.33 bits per heavy atom. The van der Waals surface area contributed by atoms with Crippen LogP contribution in [0.5, 0.6) is 0 Å². The molecule has 0 N–H and O–H groups in total. The Morgan fingerprint density at radius 2 is 2.11 bits per heavy atom. The molecule has 4 rings (SSSR count). The van der Waals surface area contributed by atoms with Crippen LogP contribution in [0.15, 0.2) is 36.5 Å². The fourth-order valence-electron chi connectivity index (χ4n) is 3.37. The topological polar surface area (TPSA) is 51.0 Å². The molecule has 0 spiro atoms. The van der Waals surface area contributed by atoms with E-state index in [4.69, 9.17) is 16.6 Å². The Balaban J connectivity index is 1.72. The monoisotopic (exact) mass is 382 g/mol. The van der Waals surface area contributed by atoms with E-state index < -0.39 is 0 Å². The van der Waals surface area contributed by atoms with Gasteiger partial charge in [-0.2, -0.15) is 5.10 Å². The van der Waals surface area contributed by atoms with Gasteiger partial charge in [0.15, 0.2) is 5.65 Å². The molecule has 0 radical (unpaired) electrons. The molecular weight excluding hydrogens is 360 g/mol. The maximum absolute atomic E-state index is 13.3. The third-order valence-corrected chi connectivity index (χ3v) is 5.19. The van der Waals surface area contributed by atoms with Gasteiger partial charge in [-0.15, -0.1) is 0 Å². The highest BCUT2D eigenvalue weighted by Crippen LogP contribution is 2.40. The van der Waals surface area contributed by atoms with Gasteiger partial charge in [-0.05, 0) is 50.5 Å². The molecule has 0 atom stereocenters. The number of nitrogens with zero attached hydrogens (tertiary/aromatic N) is 4. The second-order valence-corrected chi connectivity index (χ2v) is 8.02. The van der Waals surface area contributed by atoms with Crippen molar-refractivity contribution in [2.75, 3.05) is 7.05 Å². The molecule has 0 aliphatic heterocycles. The van der Waals surface area contributed by atoms with Crippen LogP contribution in [-0.2, 0) is 6.54 Å². The fourth-order valence-corrected chi connectivity index (χ4v) is 3.58. The van der Waals surface area contributed by atoms with Gasteiger partial charge >= 0.3 is 0 Å². The molecule has 1 fully saturated rings. The zero-order chi connectivity index (χ0) is 19.1. The third kappa shape index (κ3) is 3.56. The molecule has 1 saturated carbocycles. The van der Waals surface area contributed by atoms with Crippen LogP contribution in [0.4, 0.5) is 0 Å². The summed E-state index contributed by atoms with van der Waals surface area (Å²) >= 11 is 6.08. The van der Waals surface area contributed by atoms with Crippen molar-refractivity contribution >= 4 is 28.5 Å². The SMILES string of the molecule is CC(C)n1ncc2c(C(=O)N(C)Cc3cccc(Cl)c3)cc(C3CC3)nc21. The number of carbonyl (C=O) groups excluding carboxylic acids is 1. The van der Waals surface area contributed by atoms with Gasteiger partial charge in [0.05, 0.1) is 17.1 Å². The standard InChI is InChI=1S/C21H23ClN4O/c1-13(2)26-20-18(11-23-26)17(10-19(24-20)15-7-8-15)21(27)25(3)12-14-5-4-6-16(22)9-14/h4-6,9-11,13,15H,7-8,12H2,1-3H3. The summed E-state index contributed by atoms with van der Waals surface area (Å²) < 4.78 is 1.90. The number of aromatic nitrogens is 3. The van der Waals surface area contributed by atoms with E-state index in [1.165, 1.54) is 0 Å². The molecular formula is C21H23ClN4O. The Hall–Kier alpha value is -2.40. The van der Waals surface area contributed by atoms with E-state index in [9.17, 15) is 4.79 Å². The van der Waals surface area contributed by atoms with E-state index in [1.807, 2.05) is 42.1 Å². The molecule has 140 valence electrons. The highest BCUT2D eigenvalue weighted by atomic mass is 35.5. The Morgan fingerprint density at radius 3 is 2.78 bits per heavy atom. The minimum absolute atomic E-state index is 0.0208. The predicted octanol–water partition coefficient (Wildman–Crippen LogP) is 4.82. The van der Waals surface area contributed by atoms with E-state index in [0.29, 0.717) is 23.0 Å². The molecule has 0 saturated heterocycles. The number of pyridine rings is 1. The number of rotatable bonds is 5. The summed E-state index contributed by atoms with van der Waals surface area (Å²) in [7, 11) is 1.82. The lowest BCUT2D eigenvalue weighted by Crippen LogP contribution is -2.26. The normalized spacial score (nSPS) is 14.1. The van der Waals surface area contributed by atoms with E-state index in [1.54, 1.807) is 11.1 Å². The zero-order valence-corrected chi connectivity index (χ0v) is 16.6. The smallest absolute Gasteiger partial charge is 0.254 e. The van der Waals surface area contributed by atoms with Crippen molar-refractivity contribution in [2.45, 2.75) is 45.2 Å². The molecule has 0 bridgehead atoms. The van der Waals surface area contributed by atoms with Gasteiger partial charge in [0, 0.05) is 36.3 Å². The molecule has 5 nitrogen and oxygen atoms in total. The number of halogens is 1. The van der Waals surface area contributed by atoms with Crippen molar-refractivity contribution < 1.29 is 4.79 Å². The molecule has 3 aromatic rings. The summed E-state index contributed by atoms with van der Waals surface area (Å²) in [6, 6.07) is 9.75. The third-order valence-electron chi connectivity index (χ3n) is 4.96. The van der Waals surface area contributed by atoms with Gasteiger partial charge in [0.1, 0.15) is 0 Å². The molecule has 1 aliphatic carbocycles. The minimum atomic E-state index is -0.0208. The van der Waals surface area contributed by atoms with Gasteiger partial charge < -0.3 is 4.90 Å². The first-order valence-corrected chi connectivity index (χ1v) is 9.70. The van der Waals surface area contributed by atoms with Crippen LogP contribution in [0.3, 0.4) is 0 Å². The van der Waals surface area contributed by atoms with Gasteiger partial charge in [-0.1, -0.05) is 23.7 Å². The Kier molecular flexibility index (Phi) is 4.64. The largest absolute Gasteiger partial charge is 0.337 e. The van der Waals surface area contributed by atoms with Gasteiger partial charge in [-0.25, -0.2) is 9.67 Å². The maximum Gasteiger partial charge on any atom is 0.254 e. The Bertz CT molecular complexity index is 1010. The molecule has 2 heterocycles. The number of hydrogen-bond acceptors (Lipinski definition) is 3. The summed E-state index contributed by atoms with van der Waals surface area (Å²) in [6.07, 6.45) is 4.04. The van der Waals surface area contributed by atoms with Crippen molar-refractivity contribution in [1.29, 1.82) is 0 Å². The van der Waals surface area contributed by atoms with Crippen LogP contribution < -0.4 is 0 Å². The second-order valence-electron chi connectivity index (χ2n) is 7.58. The lowest BCUT2D eigenvalue weighted by Gasteiger charge is -2.18. The second kappa shape index (κ2) is 6.97. The first kappa shape index (κ1) is 18.0. The molecule has 0 unspecified atom stereocenters. The first-order valence-electron chi connectivity index (χ1n) is 9.32. The average molecular weight is 383 g/mol. The van der Waals surface area contributed by atoms with Gasteiger partial charge in [0.25, 0.3) is 5.91 Å². The number of amides is 1. The minimum Gasteiger partial charge on any atom is -0.337 e. The summed E-state index contributed by atoms with van der Waals surface area (Å²) in [5.41, 5.74) is 3.49. The van der Waals surface area contributed by atoms with Crippen LogP contribution in [0.25, 0.3) is 11.0 Å². The molecule has 1 aromatic carbocycles. The highest BCUT2D eigenvalue weighted by Gasteiger charge is 2.29. The van der Waals surface area contributed by atoms with E-state index >= 15 is 0 Å². The predicted molar refractivity (Wildman–Crippen MR) is 107 cm³/mol. The summed E-state index contributed by atoms with van der Waals surface area (Å²) in [4.78, 5) is 19.8. The van der Waals surface area contributed by atoms with Crippen molar-refractivity contribution in [3.63, 3.8) is 0 Å². The molecule has 1 aliphatic rings. The first-order chi connectivity index (χ1) is 12.9. The van der Waals surface area contributed by atoms with Crippen molar-refractivity contribution in [2.24, 2.45) is 0 Å². The van der Waals surface area contributed by atoms with Crippen LogP contribution >= 0.6 is 11.6 Å². The molecule has 1 amide bonds. The van der Waals surface area contributed by atoms with Crippen molar-refractivity contribution in [3.8, 4) is 0 Å². The lowest BCUT2D eigenvalue weighted by atomic mass is 10.1. The van der Waals surface area contributed by atoms with E-state index in [2.05, 4.69) is 18.9 Å². The van der Waals surface area contributed by atoms with Crippen molar-refractivity contribution in [1.82, 2.24) is 19.7 Å². The highest BCUT2D eigenvalue weighted by molar-refractivity contribution is 6.30. The fraction of sp³-hybridized carbons (Fsp3) is 0.381. The zero-order valence-electron chi connectivity index (χ0n) is 15.8. The molecule has 27 heavy (non-hydrogen) atoms. The lowest BCUT2D eigenvalue weighted by molar-refractivity contribution is 0.0787. The van der Waals surface area contributed by atoms with Crippen LogP contribution in [0.1, 0.15) is 60.3 Å². The summed E-state index contributed by atoms with van der Waals surface area (Å²) in [5.74, 6) is 0.447. The van der Waals surface area contributed by atoms with E-state index in [-0.39, 0.29) is 11.9 Å². The number of benzene rings is 1. The maximum atomic E-state index is 13.3. The van der Waals surface area contributed by atoms with Crippen LogP contribution in [0, 0.1) is 0 Å². The number of carbonyl (C=O) groups is 1. The summed E-state index contributed by atoms with van der Waals surface area (Å²) in [6.45, 7) is 4.65. The quantitative estimate of drug-likeness (QED) is 0.635. The van der Waals surface area contributed by atoms with Gasteiger partial charge in [0.2, 0.25) is 0 Å². The molecule has 2 aromatic heterocycles. The van der Waals surface area contributed by atoms with E-state index in [0.717, 1.165) is 35.1 Å². The Labute approximate surface area is 164 Å². The van der Waals surface area contributed by atoms with Crippen LogP contribution in [0.2, 0.25) is 5.02 Å². The van der Waals surface area contributed by atoms with Gasteiger partial charge in [-0.3, -0.25) is 4.79 Å².